The number of nitrogens with zero attached hydrogens (tertiary/aromatic N) is 4. The molecule has 1 aromatic carbocycles. The topological polar surface area (TPSA) is 83.6 Å². The van der Waals surface area contributed by atoms with E-state index in [0.717, 1.165) is 28.7 Å². The maximum Gasteiger partial charge on any atom is 0.237 e. The van der Waals surface area contributed by atoms with Gasteiger partial charge in [-0.1, -0.05) is 23.9 Å². The summed E-state index contributed by atoms with van der Waals surface area (Å²) in [6.07, 6.45) is 2.23. The van der Waals surface area contributed by atoms with Gasteiger partial charge in [0.2, 0.25) is 5.91 Å². The lowest BCUT2D eigenvalue weighted by atomic mass is 10.2. The molecule has 0 aliphatic heterocycles. The smallest absolute Gasteiger partial charge is 0.237 e. The van der Waals surface area contributed by atoms with Crippen molar-refractivity contribution in [3.05, 3.63) is 47.3 Å². The van der Waals surface area contributed by atoms with Crippen molar-refractivity contribution in [2.24, 2.45) is 0 Å². The van der Waals surface area contributed by atoms with Gasteiger partial charge in [-0.3, -0.25) is 9.36 Å². The van der Waals surface area contributed by atoms with Crippen molar-refractivity contribution in [3.63, 3.8) is 0 Å². The molecule has 2 aromatic heterocycles. The van der Waals surface area contributed by atoms with Gasteiger partial charge >= 0.3 is 0 Å². The molecule has 0 bridgehead atoms. The molecular formula is C19H17N5OS2. The minimum absolute atomic E-state index is 0.127. The zero-order valence-corrected chi connectivity index (χ0v) is 16.3. The van der Waals surface area contributed by atoms with Crippen molar-refractivity contribution in [1.29, 1.82) is 5.26 Å². The minimum Gasteiger partial charge on any atom is -0.325 e. The maximum atomic E-state index is 12.6. The number of amides is 1. The van der Waals surface area contributed by atoms with Crippen molar-refractivity contribution in [2.75, 3.05) is 5.32 Å². The summed E-state index contributed by atoms with van der Waals surface area (Å²) in [6, 6.07) is 13.4. The highest BCUT2D eigenvalue weighted by Gasteiger charge is 2.31. The highest BCUT2D eigenvalue weighted by Crippen LogP contribution is 2.42. The number of nitriles is 1. The number of thiophene rings is 1. The van der Waals surface area contributed by atoms with Crippen LogP contribution in [-0.4, -0.2) is 25.9 Å². The van der Waals surface area contributed by atoms with Crippen molar-refractivity contribution in [2.45, 2.75) is 36.2 Å². The summed E-state index contributed by atoms with van der Waals surface area (Å²) in [6.45, 7) is 1.85. The Morgan fingerprint density at radius 2 is 2.22 bits per heavy atom. The second kappa shape index (κ2) is 7.55. The summed E-state index contributed by atoms with van der Waals surface area (Å²) in [7, 11) is 0. The fourth-order valence-corrected chi connectivity index (χ4v) is 4.34. The molecule has 1 atom stereocenters. The summed E-state index contributed by atoms with van der Waals surface area (Å²) < 4.78 is 2.16. The fourth-order valence-electron chi connectivity index (χ4n) is 2.72. The average Bonchev–Trinajstić information content (AvgIpc) is 3.20. The van der Waals surface area contributed by atoms with E-state index in [-0.39, 0.29) is 11.2 Å². The van der Waals surface area contributed by atoms with E-state index in [0.29, 0.717) is 17.3 Å². The molecule has 2 heterocycles. The van der Waals surface area contributed by atoms with E-state index in [1.165, 1.54) is 11.8 Å². The van der Waals surface area contributed by atoms with Crippen molar-refractivity contribution in [3.8, 4) is 16.8 Å². The SMILES string of the molecule is C[C@H](Sc1nnc(-c2cccs2)n1C1CC1)C(=O)Nc1cccc(C#N)c1. The third-order valence-corrected chi connectivity index (χ3v) is 6.15. The van der Waals surface area contributed by atoms with Crippen LogP contribution in [0.15, 0.2) is 46.9 Å². The van der Waals surface area contributed by atoms with Crippen LogP contribution >= 0.6 is 23.1 Å². The molecule has 0 unspecified atom stereocenters. The Labute approximate surface area is 165 Å². The lowest BCUT2D eigenvalue weighted by Crippen LogP contribution is -2.23. The van der Waals surface area contributed by atoms with E-state index in [9.17, 15) is 4.79 Å². The number of hydrogen-bond donors (Lipinski definition) is 1. The highest BCUT2D eigenvalue weighted by atomic mass is 32.2. The Morgan fingerprint density at radius 3 is 2.93 bits per heavy atom. The molecular weight excluding hydrogens is 378 g/mol. The van der Waals surface area contributed by atoms with Crippen LogP contribution in [0.25, 0.3) is 10.7 Å². The zero-order chi connectivity index (χ0) is 18.8. The molecule has 1 aliphatic carbocycles. The Balaban J connectivity index is 1.50. The normalized spacial score (nSPS) is 14.5. The second-order valence-electron chi connectivity index (χ2n) is 6.33. The standard InChI is InChI=1S/C19H17N5OS2/c1-12(18(25)21-14-5-2-4-13(10-14)11-20)27-19-23-22-17(16-6-3-9-26-16)24(19)15-7-8-15/h2-6,9-10,12,15H,7-8H2,1H3,(H,21,25)/t12-/m0/s1. The number of anilines is 1. The number of thioether (sulfide) groups is 1. The predicted molar refractivity (Wildman–Crippen MR) is 107 cm³/mol. The summed E-state index contributed by atoms with van der Waals surface area (Å²) >= 11 is 3.05. The number of carbonyl (C=O) groups is 1. The Bertz CT molecular complexity index is 1000. The zero-order valence-electron chi connectivity index (χ0n) is 14.6. The van der Waals surface area contributed by atoms with Crippen LogP contribution in [0.1, 0.15) is 31.4 Å². The van der Waals surface area contributed by atoms with Gasteiger partial charge in [0, 0.05) is 11.7 Å². The molecule has 8 heteroatoms. The van der Waals surface area contributed by atoms with E-state index in [4.69, 9.17) is 5.26 Å². The number of nitrogens with one attached hydrogen (secondary N) is 1. The predicted octanol–water partition coefficient (Wildman–Crippen LogP) is 4.33. The molecule has 0 spiro atoms. The van der Waals surface area contributed by atoms with E-state index in [1.54, 1.807) is 35.6 Å². The van der Waals surface area contributed by atoms with E-state index >= 15 is 0 Å². The van der Waals surface area contributed by atoms with Gasteiger partial charge in [-0.15, -0.1) is 21.5 Å². The van der Waals surface area contributed by atoms with Gasteiger partial charge in [0.15, 0.2) is 11.0 Å². The first-order valence-corrected chi connectivity index (χ1v) is 10.4. The van der Waals surface area contributed by atoms with Crippen LogP contribution in [-0.2, 0) is 4.79 Å². The fraction of sp³-hybridized carbons (Fsp3) is 0.263. The van der Waals surface area contributed by atoms with E-state index in [1.807, 2.05) is 24.4 Å². The third kappa shape index (κ3) is 3.89. The van der Waals surface area contributed by atoms with Crippen molar-refractivity contribution in [1.82, 2.24) is 14.8 Å². The van der Waals surface area contributed by atoms with Gasteiger partial charge in [-0.25, -0.2) is 0 Å². The first-order valence-electron chi connectivity index (χ1n) is 8.62. The van der Waals surface area contributed by atoms with E-state index < -0.39 is 0 Å². The number of carbonyl (C=O) groups excluding carboxylic acids is 1. The molecule has 1 aliphatic rings. The van der Waals surface area contributed by atoms with Gasteiger partial charge in [0.05, 0.1) is 21.8 Å². The van der Waals surface area contributed by atoms with Crippen LogP contribution < -0.4 is 5.32 Å². The summed E-state index contributed by atoms with van der Waals surface area (Å²) in [4.78, 5) is 13.7. The highest BCUT2D eigenvalue weighted by molar-refractivity contribution is 8.00. The molecule has 1 fully saturated rings. The molecule has 1 N–H and O–H groups in total. The van der Waals surface area contributed by atoms with Crippen LogP contribution in [0, 0.1) is 11.3 Å². The van der Waals surface area contributed by atoms with Crippen LogP contribution in [0.2, 0.25) is 0 Å². The molecule has 1 amide bonds. The molecule has 0 radical (unpaired) electrons. The summed E-state index contributed by atoms with van der Waals surface area (Å²) in [5, 5.41) is 23.0. The summed E-state index contributed by atoms with van der Waals surface area (Å²) in [5.74, 6) is 0.752. The Kier molecular flexibility index (Phi) is 4.97. The third-order valence-electron chi connectivity index (χ3n) is 4.23. The van der Waals surface area contributed by atoms with Crippen LogP contribution in [0.3, 0.4) is 0 Å². The lowest BCUT2D eigenvalue weighted by Gasteiger charge is -2.13. The Morgan fingerprint density at radius 1 is 1.37 bits per heavy atom. The van der Waals surface area contributed by atoms with Crippen LogP contribution in [0.4, 0.5) is 5.69 Å². The second-order valence-corrected chi connectivity index (χ2v) is 8.58. The molecule has 6 nitrogen and oxygen atoms in total. The summed E-state index contributed by atoms with van der Waals surface area (Å²) in [5.41, 5.74) is 1.14. The average molecular weight is 396 g/mol. The first-order chi connectivity index (χ1) is 13.2. The number of benzene rings is 1. The van der Waals surface area contributed by atoms with E-state index in [2.05, 4.69) is 26.2 Å². The maximum absolute atomic E-state index is 12.6. The van der Waals surface area contributed by atoms with Gasteiger partial charge in [0.1, 0.15) is 0 Å². The van der Waals surface area contributed by atoms with Gasteiger partial charge in [0.25, 0.3) is 0 Å². The first kappa shape index (κ1) is 17.8. The molecule has 1 saturated carbocycles. The number of aromatic nitrogens is 3. The minimum atomic E-state index is -0.339. The number of rotatable bonds is 6. The number of hydrogen-bond acceptors (Lipinski definition) is 6. The van der Waals surface area contributed by atoms with Crippen molar-refractivity contribution >= 4 is 34.7 Å². The molecule has 3 aromatic rings. The Hall–Kier alpha value is -2.63. The molecule has 27 heavy (non-hydrogen) atoms. The molecule has 0 saturated heterocycles. The largest absolute Gasteiger partial charge is 0.325 e. The lowest BCUT2D eigenvalue weighted by molar-refractivity contribution is -0.115. The van der Waals surface area contributed by atoms with Crippen molar-refractivity contribution < 1.29 is 4.79 Å². The van der Waals surface area contributed by atoms with Gasteiger partial charge in [-0.2, -0.15) is 5.26 Å². The van der Waals surface area contributed by atoms with Crippen LogP contribution in [0.5, 0.6) is 0 Å². The van der Waals surface area contributed by atoms with Gasteiger partial charge < -0.3 is 5.32 Å². The van der Waals surface area contributed by atoms with Gasteiger partial charge in [-0.05, 0) is 49.4 Å². The monoisotopic (exact) mass is 395 g/mol. The molecule has 4 rings (SSSR count). The quantitative estimate of drug-likeness (QED) is 0.628. The molecule has 136 valence electrons.